The first-order valence-corrected chi connectivity index (χ1v) is 5.58. The molecule has 0 saturated carbocycles. The number of hydrogen-bond donors (Lipinski definition) is 1. The molecule has 3 nitrogen and oxygen atoms in total. The van der Waals surface area contributed by atoms with Crippen LogP contribution in [0.2, 0.25) is 0 Å². The van der Waals surface area contributed by atoms with Crippen LogP contribution in [0.3, 0.4) is 0 Å². The van der Waals surface area contributed by atoms with Gasteiger partial charge in [-0.15, -0.1) is 0 Å². The molecule has 1 N–H and O–H groups in total. The minimum absolute atomic E-state index is 0.801. The van der Waals surface area contributed by atoms with Crippen LogP contribution in [-0.2, 0) is 0 Å². The molecule has 0 aliphatic carbocycles. The van der Waals surface area contributed by atoms with Crippen LogP contribution in [0.5, 0.6) is 0 Å². The number of hydrogen-bond acceptors (Lipinski definition) is 3. The van der Waals surface area contributed by atoms with E-state index < -0.39 is 0 Å². The first-order valence-electron chi connectivity index (χ1n) is 5.58. The summed E-state index contributed by atoms with van der Waals surface area (Å²) in [5.41, 5.74) is 2.14. The molecular formula is C14H15N3. The largest absolute Gasteiger partial charge is 0.325 e. The number of allylic oxidation sites excluding steroid dienone is 1. The quantitative estimate of drug-likeness (QED) is 0.867. The van der Waals surface area contributed by atoms with Crippen LogP contribution in [0.25, 0.3) is 6.08 Å². The SMILES string of the molecule is C/C=C\c1nc(Nc2ccccn2)ccc1C. The summed E-state index contributed by atoms with van der Waals surface area (Å²) in [4.78, 5) is 8.72. The zero-order chi connectivity index (χ0) is 12.1. The summed E-state index contributed by atoms with van der Waals surface area (Å²) in [5.74, 6) is 1.61. The van der Waals surface area contributed by atoms with Crippen LogP contribution in [0.1, 0.15) is 18.2 Å². The zero-order valence-electron chi connectivity index (χ0n) is 10.0. The van der Waals surface area contributed by atoms with Crippen molar-refractivity contribution >= 4 is 17.7 Å². The Balaban J connectivity index is 2.25. The Kier molecular flexibility index (Phi) is 3.50. The van der Waals surface area contributed by atoms with Crippen molar-refractivity contribution in [1.82, 2.24) is 9.97 Å². The van der Waals surface area contributed by atoms with E-state index in [9.17, 15) is 0 Å². The van der Waals surface area contributed by atoms with Crippen molar-refractivity contribution in [3.05, 3.63) is 53.9 Å². The van der Waals surface area contributed by atoms with E-state index in [4.69, 9.17) is 0 Å². The average molecular weight is 225 g/mol. The van der Waals surface area contributed by atoms with E-state index in [1.54, 1.807) is 6.20 Å². The molecule has 86 valence electrons. The smallest absolute Gasteiger partial charge is 0.132 e. The van der Waals surface area contributed by atoms with Gasteiger partial charge in [-0.1, -0.05) is 18.2 Å². The van der Waals surface area contributed by atoms with E-state index in [1.165, 1.54) is 0 Å². The topological polar surface area (TPSA) is 37.8 Å². The van der Waals surface area contributed by atoms with Crippen molar-refractivity contribution in [1.29, 1.82) is 0 Å². The molecule has 17 heavy (non-hydrogen) atoms. The van der Waals surface area contributed by atoms with Gasteiger partial charge in [-0.25, -0.2) is 9.97 Å². The predicted octanol–water partition coefficient (Wildman–Crippen LogP) is 3.56. The Bertz CT molecular complexity index is 518. The Morgan fingerprint density at radius 2 is 2.00 bits per heavy atom. The van der Waals surface area contributed by atoms with Gasteiger partial charge in [0.05, 0.1) is 5.69 Å². The first-order chi connectivity index (χ1) is 8.29. The fraction of sp³-hybridized carbons (Fsp3) is 0.143. The lowest BCUT2D eigenvalue weighted by Crippen LogP contribution is -1.97. The fourth-order valence-electron chi connectivity index (χ4n) is 1.51. The van der Waals surface area contributed by atoms with Gasteiger partial charge in [-0.3, -0.25) is 0 Å². The van der Waals surface area contributed by atoms with Crippen molar-refractivity contribution in [2.24, 2.45) is 0 Å². The van der Waals surface area contributed by atoms with Gasteiger partial charge in [-0.05, 0) is 43.7 Å². The molecule has 0 spiro atoms. The van der Waals surface area contributed by atoms with Crippen molar-refractivity contribution in [3.8, 4) is 0 Å². The number of nitrogens with zero attached hydrogens (tertiary/aromatic N) is 2. The van der Waals surface area contributed by atoms with Crippen molar-refractivity contribution in [3.63, 3.8) is 0 Å². The highest BCUT2D eigenvalue weighted by Gasteiger charge is 2.00. The molecule has 0 aromatic carbocycles. The van der Waals surface area contributed by atoms with Gasteiger partial charge in [0.25, 0.3) is 0 Å². The molecule has 0 unspecified atom stereocenters. The summed E-state index contributed by atoms with van der Waals surface area (Å²) >= 11 is 0. The van der Waals surface area contributed by atoms with Crippen LogP contribution in [0, 0.1) is 6.92 Å². The number of anilines is 2. The van der Waals surface area contributed by atoms with Gasteiger partial charge in [0, 0.05) is 6.20 Å². The Morgan fingerprint density at radius 3 is 2.71 bits per heavy atom. The summed E-state index contributed by atoms with van der Waals surface area (Å²) in [7, 11) is 0. The third-order valence-electron chi connectivity index (χ3n) is 2.38. The van der Waals surface area contributed by atoms with Gasteiger partial charge in [0.2, 0.25) is 0 Å². The summed E-state index contributed by atoms with van der Waals surface area (Å²) in [5, 5.41) is 3.17. The van der Waals surface area contributed by atoms with Crippen LogP contribution >= 0.6 is 0 Å². The fourth-order valence-corrected chi connectivity index (χ4v) is 1.51. The van der Waals surface area contributed by atoms with Crippen LogP contribution in [-0.4, -0.2) is 9.97 Å². The van der Waals surface area contributed by atoms with Gasteiger partial charge in [0.1, 0.15) is 11.6 Å². The number of aromatic nitrogens is 2. The molecule has 2 aromatic heterocycles. The number of rotatable bonds is 3. The van der Waals surface area contributed by atoms with E-state index >= 15 is 0 Å². The molecule has 3 heteroatoms. The standard InChI is InChI=1S/C14H15N3/c1-3-6-12-11(2)8-9-14(16-12)17-13-7-4-5-10-15-13/h3-10H,1-2H3,(H,15,16,17)/b6-3-. The molecule has 0 fully saturated rings. The highest BCUT2D eigenvalue weighted by molar-refractivity contribution is 5.57. The molecule has 0 aliphatic heterocycles. The molecule has 0 amide bonds. The Labute approximate surface area is 101 Å². The van der Waals surface area contributed by atoms with Crippen LogP contribution in [0.15, 0.2) is 42.6 Å². The van der Waals surface area contributed by atoms with Gasteiger partial charge in [-0.2, -0.15) is 0 Å². The zero-order valence-corrected chi connectivity index (χ0v) is 10.0. The van der Waals surface area contributed by atoms with E-state index in [2.05, 4.69) is 15.3 Å². The van der Waals surface area contributed by atoms with E-state index in [1.807, 2.05) is 56.3 Å². The van der Waals surface area contributed by atoms with E-state index in [0.29, 0.717) is 0 Å². The summed E-state index contributed by atoms with van der Waals surface area (Å²) < 4.78 is 0. The van der Waals surface area contributed by atoms with Crippen LogP contribution in [0.4, 0.5) is 11.6 Å². The van der Waals surface area contributed by atoms with Crippen molar-refractivity contribution in [2.75, 3.05) is 5.32 Å². The lowest BCUT2D eigenvalue weighted by atomic mass is 10.2. The third kappa shape index (κ3) is 2.91. The summed E-state index contributed by atoms with van der Waals surface area (Å²) in [6.45, 7) is 4.03. The maximum absolute atomic E-state index is 4.52. The molecule has 0 radical (unpaired) electrons. The number of pyridine rings is 2. The third-order valence-corrected chi connectivity index (χ3v) is 2.38. The van der Waals surface area contributed by atoms with Crippen LogP contribution < -0.4 is 5.32 Å². The molecule has 0 aliphatic rings. The highest BCUT2D eigenvalue weighted by Crippen LogP contribution is 2.15. The monoisotopic (exact) mass is 225 g/mol. The summed E-state index contributed by atoms with van der Waals surface area (Å²) in [6.07, 6.45) is 5.74. The molecule has 2 rings (SSSR count). The van der Waals surface area contributed by atoms with Gasteiger partial charge < -0.3 is 5.32 Å². The second kappa shape index (κ2) is 5.25. The minimum atomic E-state index is 0.801. The predicted molar refractivity (Wildman–Crippen MR) is 71.2 cm³/mol. The average Bonchev–Trinajstić information content (AvgIpc) is 2.35. The Morgan fingerprint density at radius 1 is 1.12 bits per heavy atom. The lowest BCUT2D eigenvalue weighted by Gasteiger charge is -2.06. The highest BCUT2D eigenvalue weighted by atomic mass is 15.0. The molecule has 0 bridgehead atoms. The van der Waals surface area contributed by atoms with Gasteiger partial charge in [0.15, 0.2) is 0 Å². The first kappa shape index (κ1) is 11.3. The Hall–Kier alpha value is -2.16. The second-order valence-electron chi connectivity index (χ2n) is 3.74. The number of aryl methyl sites for hydroxylation is 1. The molecule has 0 saturated heterocycles. The summed E-state index contributed by atoms with van der Waals surface area (Å²) in [6, 6.07) is 9.75. The van der Waals surface area contributed by atoms with Crippen molar-refractivity contribution < 1.29 is 0 Å². The molecule has 2 aromatic rings. The molecule has 0 atom stereocenters. The van der Waals surface area contributed by atoms with E-state index in [0.717, 1.165) is 22.9 Å². The second-order valence-corrected chi connectivity index (χ2v) is 3.74. The lowest BCUT2D eigenvalue weighted by molar-refractivity contribution is 1.21. The molecule has 2 heterocycles. The maximum Gasteiger partial charge on any atom is 0.132 e. The van der Waals surface area contributed by atoms with Crippen molar-refractivity contribution in [2.45, 2.75) is 13.8 Å². The van der Waals surface area contributed by atoms with Gasteiger partial charge >= 0.3 is 0 Å². The number of nitrogens with one attached hydrogen (secondary N) is 1. The molecular weight excluding hydrogens is 210 g/mol. The normalized spacial score (nSPS) is 10.7. The maximum atomic E-state index is 4.52. The minimum Gasteiger partial charge on any atom is -0.325 e. The van der Waals surface area contributed by atoms with E-state index in [-0.39, 0.29) is 0 Å².